The van der Waals surface area contributed by atoms with Crippen LogP contribution in [-0.2, 0) is 0 Å². The molecule has 3 rings (SSSR count). The number of aromatic amines is 1. The molecule has 4 nitrogen and oxygen atoms in total. The summed E-state index contributed by atoms with van der Waals surface area (Å²) in [6.07, 6.45) is 6.35. The highest BCUT2D eigenvalue weighted by molar-refractivity contribution is 7.71. The maximum absolute atomic E-state index is 5.41. The molecule has 1 saturated carbocycles. The summed E-state index contributed by atoms with van der Waals surface area (Å²) in [4.78, 5) is 0. The molecule has 1 saturated heterocycles. The molecule has 0 amide bonds. The van der Waals surface area contributed by atoms with Crippen LogP contribution in [0.2, 0.25) is 0 Å². The van der Waals surface area contributed by atoms with E-state index >= 15 is 0 Å². The lowest BCUT2D eigenvalue weighted by Crippen LogP contribution is -2.51. The third-order valence-corrected chi connectivity index (χ3v) is 4.26. The zero-order valence-corrected chi connectivity index (χ0v) is 11.3. The fourth-order valence-corrected chi connectivity index (χ4v) is 3.17. The van der Waals surface area contributed by atoms with Gasteiger partial charge in [-0.15, -0.1) is 0 Å². The van der Waals surface area contributed by atoms with Gasteiger partial charge in [0.15, 0.2) is 5.82 Å². The van der Waals surface area contributed by atoms with Crippen molar-refractivity contribution in [2.45, 2.75) is 64.0 Å². The molecule has 2 fully saturated rings. The van der Waals surface area contributed by atoms with Crippen molar-refractivity contribution >= 4 is 12.2 Å². The number of aromatic nitrogens is 3. The van der Waals surface area contributed by atoms with Crippen LogP contribution < -0.4 is 5.01 Å². The van der Waals surface area contributed by atoms with Crippen molar-refractivity contribution in [3.05, 3.63) is 10.6 Å². The van der Waals surface area contributed by atoms with Crippen LogP contribution in [0.4, 0.5) is 0 Å². The Labute approximate surface area is 107 Å². The van der Waals surface area contributed by atoms with Crippen LogP contribution in [0.15, 0.2) is 0 Å². The Morgan fingerprint density at radius 1 is 1.18 bits per heavy atom. The largest absolute Gasteiger partial charge is 0.303 e. The van der Waals surface area contributed by atoms with Crippen molar-refractivity contribution in [3.63, 3.8) is 0 Å². The summed E-state index contributed by atoms with van der Waals surface area (Å²) >= 11 is 5.41. The fourth-order valence-electron chi connectivity index (χ4n) is 2.93. The summed E-state index contributed by atoms with van der Waals surface area (Å²) < 4.78 is 2.94. The van der Waals surface area contributed by atoms with Crippen molar-refractivity contribution in [1.82, 2.24) is 14.9 Å². The monoisotopic (exact) mass is 252 g/mol. The van der Waals surface area contributed by atoms with E-state index in [0.29, 0.717) is 18.0 Å². The number of H-pyrrole nitrogens is 1. The molecule has 2 unspecified atom stereocenters. The lowest BCUT2D eigenvalue weighted by Gasteiger charge is -2.41. The van der Waals surface area contributed by atoms with E-state index in [4.69, 9.17) is 12.2 Å². The van der Waals surface area contributed by atoms with Crippen molar-refractivity contribution in [2.75, 3.05) is 5.01 Å². The van der Waals surface area contributed by atoms with E-state index in [1.54, 1.807) is 0 Å². The zero-order valence-electron chi connectivity index (χ0n) is 10.5. The average Bonchev–Trinajstić information content (AvgIpc) is 3.05. The molecule has 2 atom stereocenters. The molecule has 1 aromatic rings. The molecule has 17 heavy (non-hydrogen) atoms. The van der Waals surface area contributed by atoms with Gasteiger partial charge in [-0.25, -0.2) is 4.68 Å². The second kappa shape index (κ2) is 4.12. The molecule has 1 aromatic heterocycles. The highest BCUT2D eigenvalue weighted by atomic mass is 32.1. The number of hydrogen-bond acceptors (Lipinski definition) is 3. The van der Waals surface area contributed by atoms with Crippen LogP contribution in [-0.4, -0.2) is 27.0 Å². The standard InChI is InChI=1S/C12H20N4S/c1-8-4-3-5-9(2)15(8)16-11(10-6-7-10)13-14-12(16)17/h8-10H,3-7H2,1-2H3,(H,14,17). The Bertz CT molecular complexity index is 449. The van der Waals surface area contributed by atoms with E-state index in [-0.39, 0.29) is 0 Å². The summed E-state index contributed by atoms with van der Waals surface area (Å²) in [5.41, 5.74) is 0. The Balaban J connectivity index is 2.01. The first-order valence-corrected chi connectivity index (χ1v) is 7.05. The molecule has 1 aliphatic heterocycles. The second-order valence-corrected chi connectivity index (χ2v) is 5.87. The van der Waals surface area contributed by atoms with E-state index in [1.807, 2.05) is 0 Å². The van der Waals surface area contributed by atoms with Crippen LogP contribution in [0, 0.1) is 4.77 Å². The number of piperidine rings is 1. The second-order valence-electron chi connectivity index (χ2n) is 5.48. The topological polar surface area (TPSA) is 36.9 Å². The number of nitrogens with zero attached hydrogens (tertiary/aromatic N) is 3. The van der Waals surface area contributed by atoms with Gasteiger partial charge in [0.25, 0.3) is 0 Å². The maximum Gasteiger partial charge on any atom is 0.214 e. The van der Waals surface area contributed by atoms with Crippen molar-refractivity contribution in [3.8, 4) is 0 Å². The maximum atomic E-state index is 5.41. The summed E-state index contributed by atoms with van der Waals surface area (Å²) in [5.74, 6) is 1.78. The van der Waals surface area contributed by atoms with Crippen LogP contribution >= 0.6 is 12.2 Å². The molecule has 1 N–H and O–H groups in total. The van der Waals surface area contributed by atoms with Crippen LogP contribution in [0.5, 0.6) is 0 Å². The fraction of sp³-hybridized carbons (Fsp3) is 0.833. The average molecular weight is 252 g/mol. The number of rotatable bonds is 2. The van der Waals surface area contributed by atoms with E-state index in [0.717, 1.165) is 10.6 Å². The van der Waals surface area contributed by atoms with Gasteiger partial charge in [-0.05, 0) is 58.2 Å². The molecule has 0 bridgehead atoms. The van der Waals surface area contributed by atoms with E-state index in [9.17, 15) is 0 Å². The Hall–Kier alpha value is -0.840. The number of nitrogens with one attached hydrogen (secondary N) is 1. The SMILES string of the molecule is CC1CCCC(C)N1n1c(C2CC2)n[nH]c1=S. The van der Waals surface area contributed by atoms with Gasteiger partial charge in [-0.2, -0.15) is 5.10 Å². The first-order valence-electron chi connectivity index (χ1n) is 6.64. The molecule has 0 spiro atoms. The molecule has 0 radical (unpaired) electrons. The van der Waals surface area contributed by atoms with Gasteiger partial charge >= 0.3 is 0 Å². The molecule has 0 aromatic carbocycles. The zero-order chi connectivity index (χ0) is 12.0. The van der Waals surface area contributed by atoms with Crippen molar-refractivity contribution in [1.29, 1.82) is 0 Å². The summed E-state index contributed by atoms with van der Waals surface area (Å²) in [7, 11) is 0. The quantitative estimate of drug-likeness (QED) is 0.822. The van der Waals surface area contributed by atoms with E-state index < -0.39 is 0 Å². The van der Waals surface area contributed by atoms with Crippen LogP contribution in [0.3, 0.4) is 0 Å². The molecule has 94 valence electrons. The summed E-state index contributed by atoms with van der Waals surface area (Å²) in [5, 5.41) is 9.83. The van der Waals surface area contributed by atoms with Crippen molar-refractivity contribution in [2.24, 2.45) is 0 Å². The first kappa shape index (κ1) is 11.3. The highest BCUT2D eigenvalue weighted by Crippen LogP contribution is 2.39. The van der Waals surface area contributed by atoms with Gasteiger partial charge in [-0.3, -0.25) is 5.10 Å². The lowest BCUT2D eigenvalue weighted by atomic mass is 10.00. The first-order chi connectivity index (χ1) is 8.18. The normalized spacial score (nSPS) is 29.6. The van der Waals surface area contributed by atoms with Gasteiger partial charge in [0.2, 0.25) is 4.77 Å². The minimum Gasteiger partial charge on any atom is -0.303 e. The van der Waals surface area contributed by atoms with E-state index in [2.05, 4.69) is 33.7 Å². The summed E-state index contributed by atoms with van der Waals surface area (Å²) in [6.45, 7) is 4.59. The van der Waals surface area contributed by atoms with Crippen LogP contribution in [0.1, 0.15) is 57.7 Å². The van der Waals surface area contributed by atoms with Gasteiger partial charge in [0, 0.05) is 18.0 Å². The Morgan fingerprint density at radius 3 is 2.41 bits per heavy atom. The highest BCUT2D eigenvalue weighted by Gasteiger charge is 2.34. The van der Waals surface area contributed by atoms with Crippen LogP contribution in [0.25, 0.3) is 0 Å². The molecule has 5 heteroatoms. The predicted molar refractivity (Wildman–Crippen MR) is 70.4 cm³/mol. The molecule has 2 heterocycles. The van der Waals surface area contributed by atoms with Gasteiger partial charge in [0.05, 0.1) is 0 Å². The third-order valence-electron chi connectivity index (χ3n) is 4.00. The van der Waals surface area contributed by atoms with Gasteiger partial charge in [0.1, 0.15) is 0 Å². The third kappa shape index (κ3) is 1.90. The summed E-state index contributed by atoms with van der Waals surface area (Å²) in [6, 6.07) is 1.11. The molecule has 2 aliphatic rings. The minimum atomic E-state index is 0.556. The minimum absolute atomic E-state index is 0.556. The predicted octanol–water partition coefficient (Wildman–Crippen LogP) is 2.72. The smallest absolute Gasteiger partial charge is 0.214 e. The molecular formula is C12H20N4S. The van der Waals surface area contributed by atoms with E-state index in [1.165, 1.54) is 32.1 Å². The lowest BCUT2D eigenvalue weighted by molar-refractivity contribution is 0.328. The Morgan fingerprint density at radius 2 is 1.82 bits per heavy atom. The molecular weight excluding hydrogens is 232 g/mol. The molecule has 1 aliphatic carbocycles. The Kier molecular flexibility index (Phi) is 2.73. The van der Waals surface area contributed by atoms with Gasteiger partial charge in [-0.1, -0.05) is 0 Å². The number of hydrogen-bond donors (Lipinski definition) is 1. The van der Waals surface area contributed by atoms with Crippen molar-refractivity contribution < 1.29 is 0 Å². The van der Waals surface area contributed by atoms with Gasteiger partial charge < -0.3 is 5.01 Å².